The smallest absolute Gasteiger partial charge is 0.158 e. The Morgan fingerprint density at radius 3 is 2.92 bits per heavy atom. The van der Waals surface area contributed by atoms with Gasteiger partial charge in [0.2, 0.25) is 0 Å². The van der Waals surface area contributed by atoms with Crippen LogP contribution in [0.1, 0.15) is 25.1 Å². The van der Waals surface area contributed by atoms with E-state index in [1.54, 1.807) is 18.4 Å². The van der Waals surface area contributed by atoms with Crippen molar-refractivity contribution in [3.8, 4) is 11.1 Å². The standard InChI is InChI=1S/C20H23N3O2S/c1-24-12-17-22-19(21-10-9-15-8-5-11-25-15)18-16(13-26-20(18)23-17)14-6-3-2-4-7-14/h2-4,6-7,13,15H,5,8-12H2,1H3,(H,21,22,23). The maximum absolute atomic E-state index is 5.73. The molecule has 1 saturated heterocycles. The summed E-state index contributed by atoms with van der Waals surface area (Å²) in [5, 5.41) is 6.78. The minimum Gasteiger partial charge on any atom is -0.378 e. The largest absolute Gasteiger partial charge is 0.378 e. The molecule has 4 rings (SSSR count). The van der Waals surface area contributed by atoms with Gasteiger partial charge in [-0.1, -0.05) is 30.3 Å². The molecule has 0 spiro atoms. The number of hydrogen-bond acceptors (Lipinski definition) is 6. The summed E-state index contributed by atoms with van der Waals surface area (Å²) in [6.45, 7) is 2.14. The predicted octanol–water partition coefficient (Wildman–Crippen LogP) is 4.49. The number of nitrogens with zero attached hydrogens (tertiary/aromatic N) is 2. The van der Waals surface area contributed by atoms with E-state index in [1.165, 1.54) is 17.5 Å². The number of benzene rings is 1. The Bertz CT molecular complexity index is 860. The molecule has 0 radical (unpaired) electrons. The van der Waals surface area contributed by atoms with Crippen molar-refractivity contribution in [1.82, 2.24) is 9.97 Å². The van der Waals surface area contributed by atoms with Crippen LogP contribution in [0.25, 0.3) is 21.3 Å². The molecule has 1 aliphatic heterocycles. The Morgan fingerprint density at radius 2 is 2.15 bits per heavy atom. The van der Waals surface area contributed by atoms with Crippen molar-refractivity contribution in [2.75, 3.05) is 25.6 Å². The zero-order valence-electron chi connectivity index (χ0n) is 14.9. The molecule has 0 amide bonds. The van der Waals surface area contributed by atoms with Gasteiger partial charge in [-0.25, -0.2) is 9.97 Å². The van der Waals surface area contributed by atoms with E-state index in [1.807, 2.05) is 6.07 Å². The van der Waals surface area contributed by atoms with Crippen LogP contribution in [0.15, 0.2) is 35.7 Å². The quantitative estimate of drug-likeness (QED) is 0.665. The molecule has 1 fully saturated rings. The molecule has 1 aliphatic rings. The average Bonchev–Trinajstić information content (AvgIpc) is 3.32. The monoisotopic (exact) mass is 369 g/mol. The summed E-state index contributed by atoms with van der Waals surface area (Å²) in [5.74, 6) is 1.60. The number of nitrogens with one attached hydrogen (secondary N) is 1. The molecular weight excluding hydrogens is 346 g/mol. The van der Waals surface area contributed by atoms with Gasteiger partial charge in [0.25, 0.3) is 0 Å². The van der Waals surface area contributed by atoms with Gasteiger partial charge in [0, 0.05) is 31.2 Å². The van der Waals surface area contributed by atoms with Crippen molar-refractivity contribution >= 4 is 27.4 Å². The predicted molar refractivity (Wildman–Crippen MR) is 106 cm³/mol. The molecule has 2 aromatic heterocycles. The molecule has 6 heteroatoms. The molecule has 5 nitrogen and oxygen atoms in total. The Balaban J connectivity index is 1.66. The Morgan fingerprint density at radius 1 is 1.27 bits per heavy atom. The van der Waals surface area contributed by atoms with E-state index in [0.717, 1.165) is 42.0 Å². The molecule has 1 atom stereocenters. The van der Waals surface area contributed by atoms with Crippen LogP contribution in [0.5, 0.6) is 0 Å². The summed E-state index contributed by atoms with van der Waals surface area (Å²) in [5.41, 5.74) is 2.36. The minimum absolute atomic E-state index is 0.370. The molecule has 26 heavy (non-hydrogen) atoms. The maximum Gasteiger partial charge on any atom is 0.158 e. The van der Waals surface area contributed by atoms with Gasteiger partial charge in [-0.2, -0.15) is 0 Å². The molecule has 0 saturated carbocycles. The van der Waals surface area contributed by atoms with Gasteiger partial charge < -0.3 is 14.8 Å². The van der Waals surface area contributed by atoms with Gasteiger partial charge in [-0.05, 0) is 24.8 Å². The number of methoxy groups -OCH3 is 1. The van der Waals surface area contributed by atoms with Crippen molar-refractivity contribution < 1.29 is 9.47 Å². The lowest BCUT2D eigenvalue weighted by molar-refractivity contribution is 0.107. The number of aromatic nitrogens is 2. The van der Waals surface area contributed by atoms with Crippen molar-refractivity contribution in [3.63, 3.8) is 0 Å². The molecule has 1 aromatic carbocycles. The van der Waals surface area contributed by atoms with Gasteiger partial charge in [-0.3, -0.25) is 0 Å². The van der Waals surface area contributed by atoms with Crippen LogP contribution in [-0.4, -0.2) is 36.3 Å². The highest BCUT2D eigenvalue weighted by Gasteiger charge is 2.17. The first-order valence-electron chi connectivity index (χ1n) is 9.03. The number of ether oxygens (including phenoxy) is 2. The summed E-state index contributed by atoms with van der Waals surface area (Å²) in [7, 11) is 1.67. The first-order valence-corrected chi connectivity index (χ1v) is 9.91. The lowest BCUT2D eigenvalue weighted by Gasteiger charge is -2.13. The van der Waals surface area contributed by atoms with Crippen LogP contribution in [0.4, 0.5) is 5.82 Å². The fourth-order valence-corrected chi connectivity index (χ4v) is 4.33. The number of hydrogen-bond donors (Lipinski definition) is 1. The summed E-state index contributed by atoms with van der Waals surface area (Å²) in [6, 6.07) is 10.4. The van der Waals surface area contributed by atoms with E-state index in [2.05, 4.69) is 39.9 Å². The number of thiophene rings is 1. The van der Waals surface area contributed by atoms with E-state index in [0.29, 0.717) is 18.5 Å². The molecule has 3 aromatic rings. The first kappa shape index (κ1) is 17.4. The van der Waals surface area contributed by atoms with Crippen LogP contribution < -0.4 is 5.32 Å². The Hall–Kier alpha value is -2.02. The average molecular weight is 369 g/mol. The van der Waals surface area contributed by atoms with Crippen LogP contribution in [0, 0.1) is 0 Å². The zero-order chi connectivity index (χ0) is 17.8. The zero-order valence-corrected chi connectivity index (χ0v) is 15.7. The maximum atomic E-state index is 5.73. The van der Waals surface area contributed by atoms with Gasteiger partial charge in [0.15, 0.2) is 5.82 Å². The second kappa shape index (κ2) is 8.12. The summed E-state index contributed by atoms with van der Waals surface area (Å²) in [6.07, 6.45) is 3.69. The third-order valence-electron chi connectivity index (χ3n) is 4.62. The van der Waals surface area contributed by atoms with Crippen LogP contribution >= 0.6 is 11.3 Å². The van der Waals surface area contributed by atoms with Gasteiger partial charge >= 0.3 is 0 Å². The molecule has 136 valence electrons. The minimum atomic E-state index is 0.370. The van der Waals surface area contributed by atoms with Gasteiger partial charge in [-0.15, -0.1) is 11.3 Å². The van der Waals surface area contributed by atoms with E-state index < -0.39 is 0 Å². The van der Waals surface area contributed by atoms with Crippen LogP contribution in [0.3, 0.4) is 0 Å². The summed E-state index contributed by atoms with van der Waals surface area (Å²) >= 11 is 1.65. The highest BCUT2D eigenvalue weighted by molar-refractivity contribution is 7.17. The number of fused-ring (bicyclic) bond motifs is 1. The van der Waals surface area contributed by atoms with E-state index >= 15 is 0 Å². The summed E-state index contributed by atoms with van der Waals surface area (Å²) in [4.78, 5) is 10.4. The highest BCUT2D eigenvalue weighted by Crippen LogP contribution is 2.37. The second-order valence-corrected chi connectivity index (χ2v) is 7.33. The fourth-order valence-electron chi connectivity index (χ4n) is 3.36. The van der Waals surface area contributed by atoms with Crippen molar-refractivity contribution in [2.45, 2.75) is 32.0 Å². The fraction of sp³-hybridized carbons (Fsp3) is 0.400. The molecule has 1 unspecified atom stereocenters. The van der Waals surface area contributed by atoms with Crippen LogP contribution in [0.2, 0.25) is 0 Å². The molecule has 1 N–H and O–H groups in total. The van der Waals surface area contributed by atoms with E-state index in [-0.39, 0.29) is 0 Å². The normalized spacial score (nSPS) is 17.0. The van der Waals surface area contributed by atoms with Crippen molar-refractivity contribution in [1.29, 1.82) is 0 Å². The molecule has 3 heterocycles. The lowest BCUT2D eigenvalue weighted by Crippen LogP contribution is -2.14. The van der Waals surface area contributed by atoms with Crippen molar-refractivity contribution in [3.05, 3.63) is 41.5 Å². The second-order valence-electron chi connectivity index (χ2n) is 6.47. The topological polar surface area (TPSA) is 56.3 Å². The van der Waals surface area contributed by atoms with Gasteiger partial charge in [0.05, 0.1) is 11.5 Å². The first-order chi connectivity index (χ1) is 12.8. The van der Waals surface area contributed by atoms with E-state index in [4.69, 9.17) is 14.5 Å². The summed E-state index contributed by atoms with van der Waals surface area (Å²) < 4.78 is 11.0. The third kappa shape index (κ3) is 3.72. The lowest BCUT2D eigenvalue weighted by atomic mass is 10.1. The highest BCUT2D eigenvalue weighted by atomic mass is 32.1. The number of anilines is 1. The Labute approximate surface area is 157 Å². The molecule has 0 aliphatic carbocycles. The van der Waals surface area contributed by atoms with Crippen molar-refractivity contribution in [2.24, 2.45) is 0 Å². The van der Waals surface area contributed by atoms with Crippen LogP contribution in [-0.2, 0) is 16.1 Å². The molecule has 0 bridgehead atoms. The third-order valence-corrected chi connectivity index (χ3v) is 5.49. The Kier molecular flexibility index (Phi) is 5.43. The van der Waals surface area contributed by atoms with Gasteiger partial charge in [0.1, 0.15) is 17.3 Å². The number of rotatable bonds is 7. The molecular formula is C20H23N3O2S. The van der Waals surface area contributed by atoms with E-state index in [9.17, 15) is 0 Å². The SMILES string of the molecule is COCc1nc(NCCC2CCCO2)c2c(-c3ccccc3)csc2n1.